The summed E-state index contributed by atoms with van der Waals surface area (Å²) in [5.41, 5.74) is 4.75. The highest BCUT2D eigenvalue weighted by molar-refractivity contribution is 6.13. The number of carbonyl (C=O) groups excluding carboxylic acids is 1. The number of hydrogen-bond donors (Lipinski definition) is 2. The molecule has 2 aromatic heterocycles. The van der Waals surface area contributed by atoms with Crippen molar-refractivity contribution in [3.8, 4) is 0 Å². The summed E-state index contributed by atoms with van der Waals surface area (Å²) in [6.07, 6.45) is 3.29. The van der Waals surface area contributed by atoms with Crippen molar-refractivity contribution in [2.24, 2.45) is 0 Å². The Morgan fingerprint density at radius 2 is 1.82 bits per heavy atom. The van der Waals surface area contributed by atoms with Crippen molar-refractivity contribution < 1.29 is 9.21 Å². The summed E-state index contributed by atoms with van der Waals surface area (Å²) >= 11 is 0. The first-order valence-corrected chi connectivity index (χ1v) is 11.0. The number of rotatable bonds is 4. The number of amides is 1. The molecule has 1 aliphatic rings. The highest BCUT2D eigenvalue weighted by atomic mass is 16.4. The van der Waals surface area contributed by atoms with Crippen molar-refractivity contribution in [1.29, 1.82) is 0 Å². The molecular formula is C24H27N7O2. The molecule has 5 rings (SSSR count). The van der Waals surface area contributed by atoms with Crippen LogP contribution in [-0.4, -0.2) is 60.1 Å². The quantitative estimate of drug-likeness (QED) is 0.494. The molecule has 9 nitrogen and oxygen atoms in total. The molecule has 0 aliphatic carbocycles. The number of nitrogens with zero attached hydrogens (tertiary/aromatic N) is 5. The van der Waals surface area contributed by atoms with Gasteiger partial charge in [0.15, 0.2) is 5.58 Å². The lowest BCUT2D eigenvalue weighted by Crippen LogP contribution is -2.54. The fraction of sp³-hybridized carbons (Fsp3) is 0.333. The van der Waals surface area contributed by atoms with Gasteiger partial charge in [-0.3, -0.25) is 14.8 Å². The lowest BCUT2D eigenvalue weighted by atomic mass is 10.1. The lowest BCUT2D eigenvalue weighted by molar-refractivity contribution is 0.102. The zero-order valence-electron chi connectivity index (χ0n) is 19.2. The van der Waals surface area contributed by atoms with Crippen LogP contribution in [0.15, 0.2) is 47.1 Å². The fourth-order valence-electron chi connectivity index (χ4n) is 4.38. The maximum Gasteiger partial charge on any atom is 0.297 e. The molecule has 0 bridgehead atoms. The second-order valence-electron chi connectivity index (χ2n) is 8.79. The fourth-order valence-corrected chi connectivity index (χ4v) is 4.38. The summed E-state index contributed by atoms with van der Waals surface area (Å²) < 4.78 is 5.76. The van der Waals surface area contributed by atoms with Gasteiger partial charge in [-0.05, 0) is 38.1 Å². The van der Waals surface area contributed by atoms with E-state index in [4.69, 9.17) is 4.42 Å². The van der Waals surface area contributed by atoms with Crippen molar-refractivity contribution in [2.75, 3.05) is 42.3 Å². The number of anilines is 3. The summed E-state index contributed by atoms with van der Waals surface area (Å²) in [7, 11) is 3.73. The number of hydrogen-bond acceptors (Lipinski definition) is 8. The number of oxazole rings is 1. The zero-order chi connectivity index (χ0) is 23.1. The Kier molecular flexibility index (Phi) is 5.33. The second-order valence-corrected chi connectivity index (χ2v) is 8.79. The summed E-state index contributed by atoms with van der Waals surface area (Å²) in [6, 6.07) is 10.5. The van der Waals surface area contributed by atoms with Gasteiger partial charge in [-0.1, -0.05) is 0 Å². The number of aromatic nitrogens is 3. The molecule has 1 saturated heterocycles. The molecule has 2 aromatic carbocycles. The van der Waals surface area contributed by atoms with Crippen LogP contribution in [0.5, 0.6) is 0 Å². The van der Waals surface area contributed by atoms with Crippen molar-refractivity contribution >= 4 is 45.4 Å². The molecule has 9 heteroatoms. The molecule has 170 valence electrons. The Hall–Kier alpha value is -3.72. The third kappa shape index (κ3) is 4.07. The van der Waals surface area contributed by atoms with Crippen molar-refractivity contribution in [3.05, 3.63) is 48.3 Å². The van der Waals surface area contributed by atoms with Crippen LogP contribution in [0.3, 0.4) is 0 Å². The Bertz CT molecular complexity index is 1320. The van der Waals surface area contributed by atoms with E-state index in [9.17, 15) is 4.79 Å². The second kappa shape index (κ2) is 8.32. The van der Waals surface area contributed by atoms with Crippen LogP contribution >= 0.6 is 0 Å². The summed E-state index contributed by atoms with van der Waals surface area (Å²) in [6.45, 7) is 6.08. The third-order valence-electron chi connectivity index (χ3n) is 5.76. The van der Waals surface area contributed by atoms with Crippen LogP contribution < -0.4 is 20.4 Å². The van der Waals surface area contributed by atoms with Gasteiger partial charge in [0.05, 0.1) is 11.3 Å². The molecule has 33 heavy (non-hydrogen) atoms. The van der Waals surface area contributed by atoms with Crippen molar-refractivity contribution in [3.63, 3.8) is 0 Å². The number of nitrogens with one attached hydrogen (secondary N) is 2. The van der Waals surface area contributed by atoms with E-state index in [1.165, 1.54) is 0 Å². The predicted octanol–water partition coefficient (Wildman–Crippen LogP) is 3.28. The Balaban J connectivity index is 1.46. The summed E-state index contributed by atoms with van der Waals surface area (Å²) in [4.78, 5) is 30.8. The minimum Gasteiger partial charge on any atom is -0.423 e. The van der Waals surface area contributed by atoms with E-state index in [2.05, 4.69) is 44.3 Å². The van der Waals surface area contributed by atoms with Gasteiger partial charge in [-0.25, -0.2) is 0 Å². The molecule has 2 N–H and O–H groups in total. The normalized spacial score (nSPS) is 18.6. The third-order valence-corrected chi connectivity index (χ3v) is 5.76. The number of carbonyl (C=O) groups is 1. The first-order chi connectivity index (χ1) is 15.9. The first-order valence-electron chi connectivity index (χ1n) is 11.0. The molecule has 3 heterocycles. The minimum absolute atomic E-state index is 0.249. The maximum atomic E-state index is 13.2. The molecule has 4 aromatic rings. The van der Waals surface area contributed by atoms with Crippen LogP contribution in [0, 0.1) is 0 Å². The molecule has 1 fully saturated rings. The smallest absolute Gasteiger partial charge is 0.297 e. The van der Waals surface area contributed by atoms with E-state index in [1.807, 2.05) is 38.4 Å². The van der Waals surface area contributed by atoms with Gasteiger partial charge in [0.1, 0.15) is 16.6 Å². The summed E-state index contributed by atoms with van der Waals surface area (Å²) in [5.74, 6) is -0.249. The van der Waals surface area contributed by atoms with E-state index in [0.717, 1.165) is 29.8 Å². The van der Waals surface area contributed by atoms with Gasteiger partial charge >= 0.3 is 0 Å². The highest BCUT2D eigenvalue weighted by Crippen LogP contribution is 2.29. The Morgan fingerprint density at radius 1 is 1.09 bits per heavy atom. The number of fused-ring (bicyclic) bond motifs is 2. The SMILES string of the molecule is C[C@@H]1CN(c2ccc(C(=O)Nc3ccc4nc(N(C)C)oc4c3)c3nccnc23)C[C@H](C)N1. The highest BCUT2D eigenvalue weighted by Gasteiger charge is 2.24. The van der Waals surface area contributed by atoms with Crippen LogP contribution in [0.2, 0.25) is 0 Å². The predicted molar refractivity (Wildman–Crippen MR) is 130 cm³/mol. The van der Waals surface area contributed by atoms with Crippen LogP contribution in [-0.2, 0) is 0 Å². The van der Waals surface area contributed by atoms with Gasteiger partial charge in [0.25, 0.3) is 11.9 Å². The Labute approximate surface area is 191 Å². The molecule has 0 radical (unpaired) electrons. The van der Waals surface area contributed by atoms with Crippen molar-refractivity contribution in [1.82, 2.24) is 20.3 Å². The zero-order valence-corrected chi connectivity index (χ0v) is 19.2. The van der Waals surface area contributed by atoms with E-state index in [-0.39, 0.29) is 5.91 Å². The van der Waals surface area contributed by atoms with Gasteiger partial charge in [-0.2, -0.15) is 4.98 Å². The molecule has 0 unspecified atom stereocenters. The molecule has 1 aliphatic heterocycles. The van der Waals surface area contributed by atoms with Crippen LogP contribution in [0.25, 0.3) is 22.1 Å². The molecule has 1 amide bonds. The molecule has 0 spiro atoms. The van der Waals surface area contributed by atoms with E-state index in [1.54, 1.807) is 23.4 Å². The topological polar surface area (TPSA) is 99.4 Å². The van der Waals surface area contributed by atoms with Crippen LogP contribution in [0.4, 0.5) is 17.4 Å². The van der Waals surface area contributed by atoms with Crippen molar-refractivity contribution in [2.45, 2.75) is 25.9 Å². The first kappa shape index (κ1) is 21.1. The monoisotopic (exact) mass is 445 g/mol. The lowest BCUT2D eigenvalue weighted by Gasteiger charge is -2.38. The average Bonchev–Trinajstić information content (AvgIpc) is 3.21. The minimum atomic E-state index is -0.249. The van der Waals surface area contributed by atoms with E-state index < -0.39 is 0 Å². The summed E-state index contributed by atoms with van der Waals surface area (Å²) in [5, 5.41) is 6.51. The largest absolute Gasteiger partial charge is 0.423 e. The van der Waals surface area contributed by atoms with Crippen LogP contribution in [0.1, 0.15) is 24.2 Å². The Morgan fingerprint density at radius 3 is 2.55 bits per heavy atom. The van der Waals surface area contributed by atoms with Gasteiger partial charge < -0.3 is 24.9 Å². The van der Waals surface area contributed by atoms with Gasteiger partial charge in [0.2, 0.25) is 0 Å². The van der Waals surface area contributed by atoms with Gasteiger partial charge in [-0.15, -0.1) is 0 Å². The number of piperazine rings is 1. The van der Waals surface area contributed by atoms with Gasteiger partial charge in [0, 0.05) is 63.4 Å². The molecular weight excluding hydrogens is 418 g/mol. The maximum absolute atomic E-state index is 13.2. The molecule has 2 atom stereocenters. The average molecular weight is 446 g/mol. The standard InChI is InChI=1S/C24H27N7O2/c1-14-12-31(13-15(2)27-14)19-8-6-17(21-22(19)26-10-9-25-21)23(32)28-16-5-7-18-20(11-16)33-24(29-18)30(3)4/h5-11,14-15,27H,12-13H2,1-4H3,(H,28,32)/t14-,15+. The number of benzene rings is 2. The van der Waals surface area contributed by atoms with E-state index >= 15 is 0 Å². The molecule has 0 saturated carbocycles. The van der Waals surface area contributed by atoms with E-state index in [0.29, 0.717) is 40.4 Å².